The fraction of sp³-hybridized carbons (Fsp3) is 0.600. The maximum absolute atomic E-state index is 3.70. The van der Waals surface area contributed by atoms with Gasteiger partial charge < -0.3 is 0 Å². The van der Waals surface area contributed by atoms with E-state index in [-0.39, 0.29) is 0 Å². The largest absolute Gasteiger partial charge is 0.103 e. The van der Waals surface area contributed by atoms with Crippen LogP contribution < -0.4 is 0 Å². The Morgan fingerprint density at radius 1 is 0.733 bits per heavy atom. The van der Waals surface area contributed by atoms with Crippen LogP contribution in [0.15, 0.2) is 37.0 Å². The Balaban J connectivity index is 3.15. The molecule has 0 heteroatoms. The van der Waals surface area contributed by atoms with E-state index in [1.54, 1.807) is 0 Å². The van der Waals surface area contributed by atoms with Gasteiger partial charge in [-0.3, -0.25) is 0 Å². The third kappa shape index (κ3) is 13.2. The quantitative estimate of drug-likeness (QED) is 0.330. The molecule has 0 aromatic carbocycles. The van der Waals surface area contributed by atoms with E-state index in [1.165, 1.54) is 38.5 Å². The second kappa shape index (κ2) is 13.2. The van der Waals surface area contributed by atoms with E-state index in [2.05, 4.69) is 37.8 Å². The highest BCUT2D eigenvalue weighted by Gasteiger charge is 1.81. The highest BCUT2D eigenvalue weighted by Crippen LogP contribution is 2.02. The molecule has 0 aliphatic rings. The molecule has 86 valence electrons. The van der Waals surface area contributed by atoms with Crippen LogP contribution in [0.3, 0.4) is 0 Å². The molecule has 0 atom stereocenters. The molecule has 0 heterocycles. The molecule has 0 aliphatic heterocycles. The van der Waals surface area contributed by atoms with Crippen LogP contribution in [0, 0.1) is 0 Å². The van der Waals surface area contributed by atoms with Crippen LogP contribution in [0.2, 0.25) is 0 Å². The Kier molecular flexibility index (Phi) is 12.5. The van der Waals surface area contributed by atoms with Gasteiger partial charge in [0.2, 0.25) is 0 Å². The molecular weight excluding hydrogens is 180 g/mol. The molecule has 0 fully saturated rings. The van der Waals surface area contributed by atoms with Gasteiger partial charge in [0, 0.05) is 0 Å². The van der Waals surface area contributed by atoms with Gasteiger partial charge in [-0.05, 0) is 38.5 Å². The zero-order valence-electron chi connectivity index (χ0n) is 10.3. The molecular formula is C15H26. The summed E-state index contributed by atoms with van der Waals surface area (Å²) in [6, 6.07) is 0. The second-order valence-electron chi connectivity index (χ2n) is 3.88. The van der Waals surface area contributed by atoms with E-state index in [0.29, 0.717) is 0 Å². The van der Waals surface area contributed by atoms with Crippen LogP contribution in [0.4, 0.5) is 0 Å². The van der Waals surface area contributed by atoms with Crippen molar-refractivity contribution < 1.29 is 0 Å². The van der Waals surface area contributed by atoms with Crippen molar-refractivity contribution in [1.29, 1.82) is 0 Å². The standard InChI is InChI=1S/C15H26/c1-3-5-7-9-11-13-15-14-12-10-8-6-4-2/h3,9,11-12,14H,1,4-8,10,13,15H2,2H3. The van der Waals surface area contributed by atoms with Crippen molar-refractivity contribution >= 4 is 0 Å². The minimum absolute atomic E-state index is 1.10. The van der Waals surface area contributed by atoms with Gasteiger partial charge in [-0.15, -0.1) is 6.58 Å². The zero-order valence-corrected chi connectivity index (χ0v) is 10.3. The lowest BCUT2D eigenvalue weighted by Gasteiger charge is -1.91. The smallest absolute Gasteiger partial charge is 0.0316 e. The molecule has 0 N–H and O–H groups in total. The van der Waals surface area contributed by atoms with Crippen LogP contribution >= 0.6 is 0 Å². The van der Waals surface area contributed by atoms with E-state index in [9.17, 15) is 0 Å². The Morgan fingerprint density at radius 2 is 1.27 bits per heavy atom. The maximum atomic E-state index is 3.70. The summed E-state index contributed by atoms with van der Waals surface area (Å²) >= 11 is 0. The molecule has 0 saturated heterocycles. The summed E-state index contributed by atoms with van der Waals surface area (Å²) in [5, 5.41) is 0. The van der Waals surface area contributed by atoms with Gasteiger partial charge in [-0.1, -0.05) is 50.1 Å². The fourth-order valence-electron chi connectivity index (χ4n) is 1.39. The predicted octanol–water partition coefficient (Wildman–Crippen LogP) is 5.43. The van der Waals surface area contributed by atoms with E-state index in [4.69, 9.17) is 0 Å². The maximum Gasteiger partial charge on any atom is -0.0316 e. The Bertz CT molecular complexity index is 174. The topological polar surface area (TPSA) is 0 Å². The molecule has 0 rings (SSSR count). The van der Waals surface area contributed by atoms with Crippen LogP contribution in [0.1, 0.15) is 58.3 Å². The molecule has 15 heavy (non-hydrogen) atoms. The van der Waals surface area contributed by atoms with E-state index in [1.807, 2.05) is 6.08 Å². The SMILES string of the molecule is C=CCCC=CCCC=CCCCCC. The summed E-state index contributed by atoms with van der Waals surface area (Å²) in [5.41, 5.74) is 0. The van der Waals surface area contributed by atoms with Gasteiger partial charge in [-0.2, -0.15) is 0 Å². The fourth-order valence-corrected chi connectivity index (χ4v) is 1.39. The average Bonchev–Trinajstić information content (AvgIpc) is 2.26. The first-order valence-corrected chi connectivity index (χ1v) is 6.32. The minimum Gasteiger partial charge on any atom is -0.103 e. The van der Waals surface area contributed by atoms with Crippen molar-refractivity contribution in [3.63, 3.8) is 0 Å². The lowest BCUT2D eigenvalue weighted by Crippen LogP contribution is -1.71. The Hall–Kier alpha value is -0.780. The van der Waals surface area contributed by atoms with Gasteiger partial charge >= 0.3 is 0 Å². The third-order valence-electron chi connectivity index (χ3n) is 2.35. The van der Waals surface area contributed by atoms with Crippen LogP contribution in [0.25, 0.3) is 0 Å². The van der Waals surface area contributed by atoms with Crippen molar-refractivity contribution in [2.75, 3.05) is 0 Å². The first kappa shape index (κ1) is 14.2. The van der Waals surface area contributed by atoms with Gasteiger partial charge in [-0.25, -0.2) is 0 Å². The van der Waals surface area contributed by atoms with Crippen molar-refractivity contribution in [3.8, 4) is 0 Å². The number of rotatable bonds is 10. The van der Waals surface area contributed by atoms with Crippen LogP contribution in [-0.4, -0.2) is 0 Å². The van der Waals surface area contributed by atoms with Crippen LogP contribution in [-0.2, 0) is 0 Å². The first-order valence-electron chi connectivity index (χ1n) is 6.32. The van der Waals surface area contributed by atoms with E-state index >= 15 is 0 Å². The molecule has 0 unspecified atom stereocenters. The lowest BCUT2D eigenvalue weighted by atomic mass is 10.2. The summed E-state index contributed by atoms with van der Waals surface area (Å²) < 4.78 is 0. The highest BCUT2D eigenvalue weighted by atomic mass is 13.9. The number of hydrogen-bond donors (Lipinski definition) is 0. The summed E-state index contributed by atoms with van der Waals surface area (Å²) in [4.78, 5) is 0. The molecule has 0 spiro atoms. The van der Waals surface area contributed by atoms with Gasteiger partial charge in [0.25, 0.3) is 0 Å². The summed E-state index contributed by atoms with van der Waals surface area (Å²) in [6.45, 7) is 5.95. The normalized spacial score (nSPS) is 11.5. The summed E-state index contributed by atoms with van der Waals surface area (Å²) in [5.74, 6) is 0. The molecule has 0 bridgehead atoms. The van der Waals surface area contributed by atoms with Gasteiger partial charge in [0.15, 0.2) is 0 Å². The van der Waals surface area contributed by atoms with Crippen molar-refractivity contribution in [3.05, 3.63) is 37.0 Å². The van der Waals surface area contributed by atoms with Gasteiger partial charge in [0.05, 0.1) is 0 Å². The Morgan fingerprint density at radius 3 is 1.80 bits per heavy atom. The minimum atomic E-state index is 1.10. The average molecular weight is 206 g/mol. The zero-order chi connectivity index (χ0) is 11.2. The van der Waals surface area contributed by atoms with E-state index in [0.717, 1.165) is 12.8 Å². The summed E-state index contributed by atoms with van der Waals surface area (Å²) in [6.07, 6.45) is 21.1. The monoisotopic (exact) mass is 206 g/mol. The molecule has 0 aliphatic carbocycles. The molecule has 0 saturated carbocycles. The first-order chi connectivity index (χ1) is 7.41. The third-order valence-corrected chi connectivity index (χ3v) is 2.35. The van der Waals surface area contributed by atoms with Gasteiger partial charge in [0.1, 0.15) is 0 Å². The molecule has 0 amide bonds. The Labute approximate surface area is 95.8 Å². The van der Waals surface area contributed by atoms with E-state index < -0.39 is 0 Å². The summed E-state index contributed by atoms with van der Waals surface area (Å²) in [7, 11) is 0. The van der Waals surface area contributed by atoms with Crippen LogP contribution in [0.5, 0.6) is 0 Å². The molecule has 0 radical (unpaired) electrons. The van der Waals surface area contributed by atoms with Crippen molar-refractivity contribution in [2.24, 2.45) is 0 Å². The lowest BCUT2D eigenvalue weighted by molar-refractivity contribution is 0.728. The molecule has 0 nitrogen and oxygen atoms in total. The predicted molar refractivity (Wildman–Crippen MR) is 71.1 cm³/mol. The van der Waals surface area contributed by atoms with Crippen molar-refractivity contribution in [1.82, 2.24) is 0 Å². The second-order valence-corrected chi connectivity index (χ2v) is 3.88. The van der Waals surface area contributed by atoms with Crippen molar-refractivity contribution in [2.45, 2.75) is 58.3 Å². The molecule has 0 aromatic heterocycles. The number of unbranched alkanes of at least 4 members (excludes halogenated alkanes) is 5. The molecule has 0 aromatic rings. The number of hydrogen-bond acceptors (Lipinski definition) is 0. The number of allylic oxidation sites excluding steroid dienone is 5. The highest BCUT2D eigenvalue weighted by molar-refractivity contribution is 4.89.